The molecule has 0 amide bonds. The summed E-state index contributed by atoms with van der Waals surface area (Å²) < 4.78 is 5.95. The van der Waals surface area contributed by atoms with Gasteiger partial charge in [0, 0.05) is 13.2 Å². The molecule has 0 aromatic carbocycles. The second-order valence-corrected chi connectivity index (χ2v) is 11.2. The summed E-state index contributed by atoms with van der Waals surface area (Å²) in [4.78, 5) is 2.02. The summed E-state index contributed by atoms with van der Waals surface area (Å²) in [6.45, 7) is 3.89. The molecule has 5 fully saturated rings. The van der Waals surface area contributed by atoms with Crippen molar-refractivity contribution < 1.29 is 20.1 Å². The quantitative estimate of drug-likeness (QED) is 0.445. The van der Waals surface area contributed by atoms with Gasteiger partial charge in [-0.3, -0.25) is 4.90 Å². The Labute approximate surface area is 183 Å². The fourth-order valence-corrected chi connectivity index (χ4v) is 7.79. The summed E-state index contributed by atoms with van der Waals surface area (Å²) in [5.74, 6) is 3.10. The molecule has 5 heteroatoms. The molecule has 30 heavy (non-hydrogen) atoms. The van der Waals surface area contributed by atoms with Crippen LogP contribution < -0.4 is 0 Å². The molecule has 3 N–H and O–H groups in total. The Kier molecular flexibility index (Phi) is 7.78. The molecule has 1 saturated heterocycles. The Morgan fingerprint density at radius 3 is 2.20 bits per heavy atom. The number of unbranched alkanes of at least 4 members (excludes halogenated alkanes) is 3. The van der Waals surface area contributed by atoms with Gasteiger partial charge in [-0.05, 0) is 87.5 Å². The Bertz CT molecular complexity index is 506. The lowest BCUT2D eigenvalue weighted by molar-refractivity contribution is -0.168. The van der Waals surface area contributed by atoms with Crippen molar-refractivity contribution in [2.45, 2.75) is 108 Å². The fraction of sp³-hybridized carbons (Fsp3) is 1.00. The molecule has 0 spiro atoms. The average Bonchev–Trinajstić information content (AvgIpc) is 2.69. The van der Waals surface area contributed by atoms with Crippen molar-refractivity contribution in [2.24, 2.45) is 23.2 Å². The zero-order chi connectivity index (χ0) is 21.1. The molecule has 0 radical (unpaired) electrons. The lowest BCUT2D eigenvalue weighted by Crippen LogP contribution is -2.63. The minimum absolute atomic E-state index is 0.0947. The van der Waals surface area contributed by atoms with Gasteiger partial charge in [0.15, 0.2) is 0 Å². The highest BCUT2D eigenvalue weighted by Gasteiger charge is 2.50. The number of hydrogen-bond donors (Lipinski definition) is 3. The molecule has 4 bridgehead atoms. The highest BCUT2D eigenvalue weighted by Crippen LogP contribution is 2.61. The number of nitrogens with zero attached hydrogens (tertiary/aromatic N) is 1. The van der Waals surface area contributed by atoms with E-state index in [1.54, 1.807) is 0 Å². The minimum Gasteiger partial charge on any atom is -0.395 e. The maximum absolute atomic E-state index is 10.7. The predicted octanol–water partition coefficient (Wildman–Crippen LogP) is 3.35. The predicted molar refractivity (Wildman–Crippen MR) is 118 cm³/mol. The van der Waals surface area contributed by atoms with Crippen LogP contribution in [0.1, 0.15) is 84.0 Å². The first kappa shape index (κ1) is 23.0. The van der Waals surface area contributed by atoms with Gasteiger partial charge < -0.3 is 20.1 Å². The van der Waals surface area contributed by atoms with Crippen LogP contribution in [0, 0.1) is 23.2 Å². The molecular weight excluding hydrogens is 378 g/mol. The van der Waals surface area contributed by atoms with E-state index in [0.29, 0.717) is 18.6 Å². The van der Waals surface area contributed by atoms with E-state index < -0.39 is 18.3 Å². The van der Waals surface area contributed by atoms with Gasteiger partial charge in [-0.1, -0.05) is 26.2 Å². The largest absolute Gasteiger partial charge is 0.395 e. The summed E-state index contributed by atoms with van der Waals surface area (Å²) in [6.07, 6.45) is 13.8. The Morgan fingerprint density at radius 1 is 0.933 bits per heavy atom. The van der Waals surface area contributed by atoms with Crippen LogP contribution in [0.3, 0.4) is 0 Å². The normalized spacial score (nSPS) is 43.4. The molecule has 0 aromatic rings. The van der Waals surface area contributed by atoms with E-state index in [1.807, 2.05) is 4.90 Å². The average molecular weight is 424 g/mol. The van der Waals surface area contributed by atoms with Crippen LogP contribution in [-0.2, 0) is 4.74 Å². The lowest BCUT2D eigenvalue weighted by atomic mass is 9.48. The topological polar surface area (TPSA) is 73.2 Å². The first-order valence-corrected chi connectivity index (χ1v) is 12.9. The SMILES string of the molecule is CCCCN1C[C@H](O)[C@@H](OCCCCCC23CC4CC(CC(C4)C2)C3)[C@H](O)[C@H]1CO. The maximum atomic E-state index is 10.7. The number of rotatable bonds is 11. The standard InChI is InChI=1S/C25H45NO4/c1-2-3-8-26-16-22(28)24(23(29)21(26)17-27)30-9-6-4-5-7-25-13-18-10-19(14-25)12-20(11-18)15-25/h18-24,27-29H,2-17H2,1H3/t18?,19?,20?,21-,22+,23-,24-,25?/m1/s1. The third-order valence-corrected chi connectivity index (χ3v) is 8.81. The molecule has 5 aliphatic rings. The van der Waals surface area contributed by atoms with Gasteiger partial charge in [0.1, 0.15) is 12.2 Å². The highest BCUT2D eigenvalue weighted by molar-refractivity contribution is 5.01. The van der Waals surface area contributed by atoms with E-state index in [9.17, 15) is 15.3 Å². The molecule has 4 aliphatic carbocycles. The highest BCUT2D eigenvalue weighted by atomic mass is 16.5. The molecule has 4 atom stereocenters. The smallest absolute Gasteiger partial charge is 0.112 e. The zero-order valence-corrected chi connectivity index (χ0v) is 19.1. The van der Waals surface area contributed by atoms with E-state index in [4.69, 9.17) is 4.74 Å². The summed E-state index contributed by atoms with van der Waals surface area (Å²) in [6, 6.07) is -0.332. The van der Waals surface area contributed by atoms with Gasteiger partial charge in [0.25, 0.3) is 0 Å². The van der Waals surface area contributed by atoms with Crippen molar-refractivity contribution in [3.8, 4) is 0 Å². The summed E-state index contributed by atoms with van der Waals surface area (Å²) in [5.41, 5.74) is 0.668. The number of aliphatic hydroxyl groups is 3. The lowest BCUT2D eigenvalue weighted by Gasteiger charge is -2.57. The minimum atomic E-state index is -0.831. The van der Waals surface area contributed by atoms with E-state index >= 15 is 0 Å². The molecule has 5 rings (SSSR count). The van der Waals surface area contributed by atoms with Gasteiger partial charge in [-0.25, -0.2) is 0 Å². The Morgan fingerprint density at radius 2 is 1.60 bits per heavy atom. The molecule has 174 valence electrons. The van der Waals surface area contributed by atoms with Crippen molar-refractivity contribution in [1.82, 2.24) is 4.90 Å². The number of piperidine rings is 1. The van der Waals surface area contributed by atoms with Crippen molar-refractivity contribution in [2.75, 3.05) is 26.3 Å². The van der Waals surface area contributed by atoms with Crippen molar-refractivity contribution >= 4 is 0 Å². The van der Waals surface area contributed by atoms with Crippen LogP contribution in [0.5, 0.6) is 0 Å². The van der Waals surface area contributed by atoms with E-state index in [-0.39, 0.29) is 12.6 Å². The first-order valence-electron chi connectivity index (χ1n) is 12.9. The zero-order valence-electron chi connectivity index (χ0n) is 19.1. The van der Waals surface area contributed by atoms with Gasteiger partial charge in [-0.2, -0.15) is 0 Å². The molecule has 0 aromatic heterocycles. The van der Waals surface area contributed by atoms with E-state index in [0.717, 1.165) is 43.6 Å². The van der Waals surface area contributed by atoms with Crippen LogP contribution in [0.15, 0.2) is 0 Å². The van der Waals surface area contributed by atoms with Crippen LogP contribution in [-0.4, -0.2) is 70.9 Å². The summed E-state index contributed by atoms with van der Waals surface area (Å²) in [7, 11) is 0. The van der Waals surface area contributed by atoms with Crippen molar-refractivity contribution in [1.29, 1.82) is 0 Å². The van der Waals surface area contributed by atoms with E-state index in [1.165, 1.54) is 57.8 Å². The van der Waals surface area contributed by atoms with Gasteiger partial charge in [0.05, 0.1) is 18.8 Å². The number of aliphatic hydroxyl groups excluding tert-OH is 3. The molecule has 5 nitrogen and oxygen atoms in total. The van der Waals surface area contributed by atoms with Crippen molar-refractivity contribution in [3.63, 3.8) is 0 Å². The summed E-state index contributed by atoms with van der Waals surface area (Å²) >= 11 is 0. The van der Waals surface area contributed by atoms with Gasteiger partial charge >= 0.3 is 0 Å². The monoisotopic (exact) mass is 423 g/mol. The van der Waals surface area contributed by atoms with Crippen LogP contribution >= 0.6 is 0 Å². The summed E-state index contributed by atoms with van der Waals surface area (Å²) in [5, 5.41) is 30.9. The molecule has 4 saturated carbocycles. The molecule has 1 heterocycles. The van der Waals surface area contributed by atoms with Crippen LogP contribution in [0.4, 0.5) is 0 Å². The fourth-order valence-electron chi connectivity index (χ4n) is 7.79. The van der Waals surface area contributed by atoms with Gasteiger partial charge in [0.2, 0.25) is 0 Å². The number of β-amino-alcohol motifs (C(OH)–C–C–N with tert-alkyl or cyclic N) is 1. The maximum Gasteiger partial charge on any atom is 0.112 e. The molecule has 1 aliphatic heterocycles. The first-order chi connectivity index (χ1) is 14.5. The van der Waals surface area contributed by atoms with Gasteiger partial charge in [-0.15, -0.1) is 0 Å². The Hall–Kier alpha value is -0.200. The number of hydrogen-bond acceptors (Lipinski definition) is 5. The van der Waals surface area contributed by atoms with Crippen molar-refractivity contribution in [3.05, 3.63) is 0 Å². The molecular formula is C25H45NO4. The second kappa shape index (κ2) is 10.2. The second-order valence-electron chi connectivity index (χ2n) is 11.2. The number of likely N-dealkylation sites (tertiary alicyclic amines) is 1. The third kappa shape index (κ3) is 5.06. The van der Waals surface area contributed by atoms with Crippen LogP contribution in [0.2, 0.25) is 0 Å². The number of ether oxygens (including phenoxy) is 1. The molecule has 0 unspecified atom stereocenters. The Balaban J connectivity index is 1.16. The van der Waals surface area contributed by atoms with E-state index in [2.05, 4.69) is 6.92 Å². The third-order valence-electron chi connectivity index (χ3n) is 8.81. The van der Waals surface area contributed by atoms with Crippen LogP contribution in [0.25, 0.3) is 0 Å².